The average Bonchev–Trinajstić information content (AvgIpc) is 2.66. The highest BCUT2D eigenvalue weighted by atomic mass is 32.2. The molecule has 1 aromatic rings. The highest BCUT2D eigenvalue weighted by Crippen LogP contribution is 2.19. The van der Waals surface area contributed by atoms with E-state index in [1.807, 2.05) is 6.92 Å². The van der Waals surface area contributed by atoms with Crippen LogP contribution < -0.4 is 21.1 Å². The first-order valence-corrected chi connectivity index (χ1v) is 11.0. The minimum Gasteiger partial charge on any atom is -0.337 e. The number of nitrogens with two attached hydrogens (primary N) is 2. The molecule has 2 rings (SSSR count). The fourth-order valence-corrected chi connectivity index (χ4v) is 3.59. The number of allylic oxidation sites excluding steroid dienone is 1. The van der Waals surface area contributed by atoms with E-state index in [1.54, 1.807) is 17.4 Å². The number of imide groups is 1. The summed E-state index contributed by atoms with van der Waals surface area (Å²) >= 11 is 0. The lowest BCUT2D eigenvalue weighted by atomic mass is 9.97. The third-order valence-corrected chi connectivity index (χ3v) is 5.69. The summed E-state index contributed by atoms with van der Waals surface area (Å²) in [6.45, 7) is 2.48. The van der Waals surface area contributed by atoms with Gasteiger partial charge in [-0.05, 0) is 51.2 Å². The number of rotatable bonds is 8. The Bertz CT molecular complexity index is 819. The van der Waals surface area contributed by atoms with Crippen molar-refractivity contribution in [3.05, 3.63) is 41.5 Å². The Balaban J connectivity index is 1.69. The molecule has 6 N–H and O–H groups in total. The van der Waals surface area contributed by atoms with Gasteiger partial charge in [0.1, 0.15) is 6.04 Å². The molecule has 1 atom stereocenters. The van der Waals surface area contributed by atoms with Crippen LogP contribution in [0.5, 0.6) is 0 Å². The average molecular weight is 410 g/mol. The van der Waals surface area contributed by atoms with Gasteiger partial charge < -0.3 is 10.6 Å². The SMILES string of the molecule is C[C@H]([NH2+]CC(=O)NC(=O)NCCC1=CCCCC1)c1ccc(S(N)(=O)=O)cc1. The first kappa shape index (κ1) is 22.1. The van der Waals surface area contributed by atoms with Crippen molar-refractivity contribution in [1.82, 2.24) is 10.6 Å². The molecule has 154 valence electrons. The van der Waals surface area contributed by atoms with Crippen molar-refractivity contribution in [2.24, 2.45) is 5.14 Å². The third kappa shape index (κ3) is 7.41. The molecule has 28 heavy (non-hydrogen) atoms. The van der Waals surface area contributed by atoms with Gasteiger partial charge in [-0.2, -0.15) is 0 Å². The van der Waals surface area contributed by atoms with Crippen LogP contribution in [0.4, 0.5) is 4.79 Å². The second-order valence-electron chi connectivity index (χ2n) is 7.00. The molecule has 0 spiro atoms. The lowest BCUT2D eigenvalue weighted by Crippen LogP contribution is -2.87. The van der Waals surface area contributed by atoms with Crippen molar-refractivity contribution >= 4 is 22.0 Å². The van der Waals surface area contributed by atoms with Crippen LogP contribution in [0.1, 0.15) is 50.6 Å². The summed E-state index contributed by atoms with van der Waals surface area (Å²) in [4.78, 5) is 23.8. The quantitative estimate of drug-likeness (QED) is 0.469. The molecule has 3 amide bonds. The third-order valence-electron chi connectivity index (χ3n) is 4.76. The Hall–Kier alpha value is -2.23. The van der Waals surface area contributed by atoms with Crippen LogP contribution in [0.3, 0.4) is 0 Å². The minimum atomic E-state index is -3.72. The molecule has 0 unspecified atom stereocenters. The number of quaternary nitrogens is 1. The van der Waals surface area contributed by atoms with E-state index in [1.165, 1.54) is 30.5 Å². The highest BCUT2D eigenvalue weighted by Gasteiger charge is 2.15. The van der Waals surface area contributed by atoms with E-state index in [0.29, 0.717) is 6.54 Å². The van der Waals surface area contributed by atoms with Crippen LogP contribution in [-0.2, 0) is 14.8 Å². The molecular formula is C19H29N4O4S+. The van der Waals surface area contributed by atoms with Gasteiger partial charge in [0.15, 0.2) is 6.54 Å². The summed E-state index contributed by atoms with van der Waals surface area (Å²) in [5, 5.41) is 11.9. The number of carbonyl (C=O) groups is 2. The van der Waals surface area contributed by atoms with Crippen LogP contribution in [0, 0.1) is 0 Å². The maximum Gasteiger partial charge on any atom is 0.321 e. The summed E-state index contributed by atoms with van der Waals surface area (Å²) < 4.78 is 22.5. The van der Waals surface area contributed by atoms with Crippen molar-refractivity contribution in [1.29, 1.82) is 0 Å². The molecule has 1 aliphatic carbocycles. The van der Waals surface area contributed by atoms with E-state index >= 15 is 0 Å². The van der Waals surface area contributed by atoms with Gasteiger partial charge in [0.05, 0.1) is 4.90 Å². The fraction of sp³-hybridized carbons (Fsp3) is 0.474. The maximum atomic E-state index is 11.9. The molecule has 0 saturated heterocycles. The van der Waals surface area contributed by atoms with E-state index < -0.39 is 16.1 Å². The van der Waals surface area contributed by atoms with E-state index in [4.69, 9.17) is 5.14 Å². The van der Waals surface area contributed by atoms with E-state index in [2.05, 4.69) is 16.7 Å². The molecule has 0 bridgehead atoms. The van der Waals surface area contributed by atoms with Crippen LogP contribution in [0.15, 0.2) is 40.8 Å². The molecule has 0 heterocycles. The van der Waals surface area contributed by atoms with Gasteiger partial charge in [0.2, 0.25) is 10.0 Å². The predicted molar refractivity (Wildman–Crippen MR) is 106 cm³/mol. The normalized spacial score (nSPS) is 15.4. The zero-order chi connectivity index (χ0) is 20.6. The van der Waals surface area contributed by atoms with Gasteiger partial charge in [-0.15, -0.1) is 0 Å². The van der Waals surface area contributed by atoms with Crippen LogP contribution >= 0.6 is 0 Å². The topological polar surface area (TPSA) is 135 Å². The molecule has 0 saturated carbocycles. The van der Waals surface area contributed by atoms with Crippen LogP contribution in [-0.4, -0.2) is 33.4 Å². The lowest BCUT2D eigenvalue weighted by Gasteiger charge is -2.13. The Morgan fingerprint density at radius 1 is 1.21 bits per heavy atom. The number of hydrogen-bond acceptors (Lipinski definition) is 4. The van der Waals surface area contributed by atoms with Crippen LogP contribution in [0.2, 0.25) is 0 Å². The molecular weight excluding hydrogens is 380 g/mol. The number of urea groups is 1. The van der Waals surface area contributed by atoms with Gasteiger partial charge in [-0.3, -0.25) is 10.1 Å². The summed E-state index contributed by atoms with van der Waals surface area (Å²) in [6.07, 6.45) is 7.69. The summed E-state index contributed by atoms with van der Waals surface area (Å²) in [5.41, 5.74) is 2.22. The molecule has 0 aliphatic heterocycles. The first-order valence-electron chi connectivity index (χ1n) is 9.47. The second kappa shape index (κ2) is 10.4. The van der Waals surface area contributed by atoms with Gasteiger partial charge in [0, 0.05) is 12.1 Å². The summed E-state index contributed by atoms with van der Waals surface area (Å²) in [7, 11) is -3.72. The smallest absolute Gasteiger partial charge is 0.321 e. The van der Waals surface area contributed by atoms with Gasteiger partial charge in [0.25, 0.3) is 5.91 Å². The predicted octanol–water partition coefficient (Wildman–Crippen LogP) is 0.675. The summed E-state index contributed by atoms with van der Waals surface area (Å²) in [6, 6.07) is 5.62. The molecule has 0 fully saturated rings. The zero-order valence-corrected chi connectivity index (χ0v) is 16.9. The second-order valence-corrected chi connectivity index (χ2v) is 8.57. The van der Waals surface area contributed by atoms with Crippen LogP contribution in [0.25, 0.3) is 0 Å². The number of hydrogen-bond donors (Lipinski definition) is 4. The molecule has 8 nitrogen and oxygen atoms in total. The van der Waals surface area contributed by atoms with Crippen molar-refractivity contribution < 1.29 is 23.3 Å². The molecule has 9 heteroatoms. The van der Waals surface area contributed by atoms with Gasteiger partial charge in [-0.1, -0.05) is 23.8 Å². The van der Waals surface area contributed by atoms with Crippen molar-refractivity contribution in [2.45, 2.75) is 50.0 Å². The number of primary sulfonamides is 1. The standard InChI is InChI=1S/C19H28N4O4S/c1-14(16-7-9-17(10-8-16)28(20,26)27)22-13-18(24)23-19(25)21-12-11-15-5-3-2-4-6-15/h5,7-10,14,22H,2-4,6,11-13H2,1H3,(H2,20,26,27)(H2,21,23,24,25)/p+1/t14-/m0/s1. The number of nitrogens with one attached hydrogen (secondary N) is 2. The lowest BCUT2D eigenvalue weighted by molar-refractivity contribution is -0.682. The van der Waals surface area contributed by atoms with Crippen molar-refractivity contribution in [3.8, 4) is 0 Å². The Morgan fingerprint density at radius 2 is 1.93 bits per heavy atom. The molecule has 1 aliphatic rings. The molecule has 1 aromatic carbocycles. The van der Waals surface area contributed by atoms with E-state index in [-0.39, 0.29) is 23.4 Å². The van der Waals surface area contributed by atoms with Crippen molar-refractivity contribution in [3.63, 3.8) is 0 Å². The number of carbonyl (C=O) groups excluding carboxylic acids is 2. The number of amides is 3. The highest BCUT2D eigenvalue weighted by molar-refractivity contribution is 7.89. The van der Waals surface area contributed by atoms with Crippen molar-refractivity contribution in [2.75, 3.05) is 13.1 Å². The molecule has 0 aromatic heterocycles. The summed E-state index contributed by atoms with van der Waals surface area (Å²) in [5.74, 6) is -0.387. The Kier molecular flexibility index (Phi) is 8.16. The first-order chi connectivity index (χ1) is 13.3. The Morgan fingerprint density at radius 3 is 2.54 bits per heavy atom. The monoisotopic (exact) mass is 409 g/mol. The zero-order valence-electron chi connectivity index (χ0n) is 16.1. The van der Waals surface area contributed by atoms with E-state index in [0.717, 1.165) is 24.8 Å². The Labute approximate surface area is 166 Å². The number of benzene rings is 1. The van der Waals surface area contributed by atoms with Gasteiger partial charge >= 0.3 is 6.03 Å². The number of sulfonamides is 1. The maximum absolute atomic E-state index is 11.9. The largest absolute Gasteiger partial charge is 0.337 e. The minimum absolute atomic E-state index is 0.0434. The van der Waals surface area contributed by atoms with E-state index in [9.17, 15) is 18.0 Å². The fourth-order valence-electron chi connectivity index (χ4n) is 3.07. The molecule has 0 radical (unpaired) electrons. The van der Waals surface area contributed by atoms with Gasteiger partial charge in [-0.25, -0.2) is 18.4 Å².